The molecule has 1 amide bonds. The van der Waals surface area contributed by atoms with Crippen molar-refractivity contribution in [3.05, 3.63) is 53.1 Å². The molecule has 0 spiro atoms. The number of amides is 1. The number of rotatable bonds is 5. The summed E-state index contributed by atoms with van der Waals surface area (Å²) >= 11 is 0. The number of hydrogen-bond acceptors (Lipinski definition) is 5. The summed E-state index contributed by atoms with van der Waals surface area (Å²) in [7, 11) is 2.97. The minimum absolute atomic E-state index is 0.0319. The van der Waals surface area contributed by atoms with Crippen molar-refractivity contribution in [2.45, 2.75) is 6.92 Å². The molecule has 1 N–H and O–H groups in total. The summed E-state index contributed by atoms with van der Waals surface area (Å²) in [6.07, 6.45) is 0. The van der Waals surface area contributed by atoms with Crippen LogP contribution in [0.4, 0.5) is 5.69 Å². The topological polar surface area (TPSA) is 87.7 Å². The van der Waals surface area contributed by atoms with Crippen molar-refractivity contribution < 1.29 is 24.2 Å². The van der Waals surface area contributed by atoms with Crippen molar-refractivity contribution in [3.63, 3.8) is 0 Å². The summed E-state index contributed by atoms with van der Waals surface area (Å²) < 4.78 is 10.3. The van der Waals surface area contributed by atoms with E-state index in [0.29, 0.717) is 28.3 Å². The maximum atomic E-state index is 12.4. The van der Waals surface area contributed by atoms with Gasteiger partial charge in [-0.15, -0.1) is 0 Å². The summed E-state index contributed by atoms with van der Waals surface area (Å²) in [5.74, 6) is -0.784. The highest BCUT2D eigenvalue weighted by Gasteiger charge is 2.15. The smallest absolute Gasteiger partial charge is 0.259 e. The fourth-order valence-electron chi connectivity index (χ4n) is 2.17. The molecule has 0 aliphatic heterocycles. The van der Waals surface area contributed by atoms with Crippen molar-refractivity contribution in [1.82, 2.24) is 0 Å². The van der Waals surface area contributed by atoms with Crippen molar-refractivity contribution in [1.29, 1.82) is 0 Å². The van der Waals surface area contributed by atoms with Crippen LogP contribution in [0.2, 0.25) is 0 Å². The Kier molecular flexibility index (Phi) is 4.85. The largest absolute Gasteiger partial charge is 0.545 e. The molecule has 0 bridgehead atoms. The highest BCUT2D eigenvalue weighted by atomic mass is 16.5. The van der Waals surface area contributed by atoms with Crippen LogP contribution in [0, 0.1) is 6.92 Å². The van der Waals surface area contributed by atoms with Crippen molar-refractivity contribution in [2.24, 2.45) is 0 Å². The lowest BCUT2D eigenvalue weighted by Gasteiger charge is -2.14. The van der Waals surface area contributed by atoms with Gasteiger partial charge in [0.2, 0.25) is 0 Å². The molecule has 0 atom stereocenters. The minimum atomic E-state index is -1.29. The van der Waals surface area contributed by atoms with Crippen LogP contribution in [0.5, 0.6) is 11.5 Å². The van der Waals surface area contributed by atoms with Gasteiger partial charge in [-0.25, -0.2) is 0 Å². The van der Waals surface area contributed by atoms with E-state index in [1.54, 1.807) is 37.3 Å². The first-order valence-electron chi connectivity index (χ1n) is 6.82. The van der Waals surface area contributed by atoms with Crippen LogP contribution < -0.4 is 19.9 Å². The zero-order chi connectivity index (χ0) is 17.0. The molecule has 0 unspecified atom stereocenters. The third kappa shape index (κ3) is 3.42. The van der Waals surface area contributed by atoms with Crippen molar-refractivity contribution in [3.8, 4) is 11.5 Å². The molecule has 0 saturated carbocycles. The van der Waals surface area contributed by atoms with Gasteiger partial charge in [0, 0.05) is 17.3 Å². The number of nitrogens with one attached hydrogen (secondary N) is 1. The molecule has 0 heterocycles. The minimum Gasteiger partial charge on any atom is -0.545 e. The Hall–Kier alpha value is -3.02. The van der Waals surface area contributed by atoms with Crippen LogP contribution in [0.25, 0.3) is 0 Å². The first kappa shape index (κ1) is 16.4. The van der Waals surface area contributed by atoms with Crippen LogP contribution >= 0.6 is 0 Å². The summed E-state index contributed by atoms with van der Waals surface area (Å²) in [4.78, 5) is 23.5. The van der Waals surface area contributed by atoms with Gasteiger partial charge in [0.1, 0.15) is 11.5 Å². The summed E-state index contributed by atoms with van der Waals surface area (Å²) in [6, 6.07) is 9.40. The third-order valence-corrected chi connectivity index (χ3v) is 3.46. The number of benzene rings is 2. The molecular formula is C17H16NO5-. The van der Waals surface area contributed by atoms with Gasteiger partial charge in [-0.3, -0.25) is 4.79 Å². The maximum absolute atomic E-state index is 12.4. The Bertz CT molecular complexity index is 755. The van der Waals surface area contributed by atoms with Gasteiger partial charge in [0.25, 0.3) is 5.91 Å². The Morgan fingerprint density at radius 1 is 1.04 bits per heavy atom. The first-order valence-corrected chi connectivity index (χ1v) is 6.82. The average Bonchev–Trinajstić information content (AvgIpc) is 2.55. The monoisotopic (exact) mass is 314 g/mol. The number of carboxylic acids is 1. The van der Waals surface area contributed by atoms with Gasteiger partial charge >= 0.3 is 0 Å². The second kappa shape index (κ2) is 6.83. The molecule has 0 saturated heterocycles. The van der Waals surface area contributed by atoms with E-state index >= 15 is 0 Å². The number of aromatic carboxylic acids is 1. The number of methoxy groups -OCH3 is 2. The fourth-order valence-corrected chi connectivity index (χ4v) is 2.17. The molecule has 0 aliphatic rings. The predicted octanol–water partition coefficient (Wildman–Crippen LogP) is 1.63. The van der Waals surface area contributed by atoms with Crippen LogP contribution in [-0.2, 0) is 0 Å². The Balaban J connectivity index is 2.33. The van der Waals surface area contributed by atoms with E-state index in [4.69, 9.17) is 9.47 Å². The lowest BCUT2D eigenvalue weighted by atomic mass is 10.1. The Morgan fingerprint density at radius 2 is 1.78 bits per heavy atom. The number of carboxylic acid groups (broad SMARTS) is 1. The molecule has 6 nitrogen and oxygen atoms in total. The van der Waals surface area contributed by atoms with E-state index in [9.17, 15) is 14.7 Å². The lowest BCUT2D eigenvalue weighted by molar-refractivity contribution is -0.255. The molecule has 0 aromatic heterocycles. The number of carbonyl (C=O) groups is 2. The number of anilines is 1. The number of ether oxygens (including phenoxy) is 2. The Morgan fingerprint density at radius 3 is 2.39 bits per heavy atom. The molecule has 6 heteroatoms. The molecule has 23 heavy (non-hydrogen) atoms. The zero-order valence-corrected chi connectivity index (χ0v) is 13.0. The molecule has 0 aliphatic carbocycles. The van der Waals surface area contributed by atoms with Gasteiger partial charge in [0.15, 0.2) is 0 Å². The standard InChI is InChI=1S/C17H17NO5/c1-10-12(17(20)21)5-4-6-14(10)18-16(19)13-8-7-11(22-2)9-15(13)23-3/h4-9H,1-3H3,(H,18,19)(H,20,21)/p-1. The van der Waals surface area contributed by atoms with Gasteiger partial charge in [-0.2, -0.15) is 0 Å². The van der Waals surface area contributed by atoms with Gasteiger partial charge in [-0.05, 0) is 30.7 Å². The summed E-state index contributed by atoms with van der Waals surface area (Å²) in [5.41, 5.74) is 1.17. The highest BCUT2D eigenvalue weighted by molar-refractivity contribution is 6.07. The second-order valence-corrected chi connectivity index (χ2v) is 4.79. The Labute approximate surface area is 133 Å². The van der Waals surface area contributed by atoms with Crippen molar-refractivity contribution >= 4 is 17.6 Å². The van der Waals surface area contributed by atoms with E-state index in [2.05, 4.69) is 5.32 Å². The van der Waals surface area contributed by atoms with E-state index < -0.39 is 11.9 Å². The quantitative estimate of drug-likeness (QED) is 0.906. The molecular weight excluding hydrogens is 298 g/mol. The fraction of sp³-hybridized carbons (Fsp3) is 0.176. The molecule has 2 aromatic carbocycles. The molecule has 2 rings (SSSR count). The van der Waals surface area contributed by atoms with E-state index in [0.717, 1.165) is 0 Å². The van der Waals surface area contributed by atoms with Gasteiger partial charge in [-0.1, -0.05) is 12.1 Å². The normalized spacial score (nSPS) is 10.0. The van der Waals surface area contributed by atoms with E-state index in [1.165, 1.54) is 20.3 Å². The molecule has 120 valence electrons. The molecule has 0 fully saturated rings. The van der Waals surface area contributed by atoms with Crippen LogP contribution in [0.1, 0.15) is 26.3 Å². The lowest BCUT2D eigenvalue weighted by Crippen LogP contribution is -2.24. The first-order chi connectivity index (χ1) is 11.0. The van der Waals surface area contributed by atoms with Crippen molar-refractivity contribution in [2.75, 3.05) is 19.5 Å². The molecule has 2 aromatic rings. The van der Waals surface area contributed by atoms with Crippen LogP contribution in [0.3, 0.4) is 0 Å². The van der Waals surface area contributed by atoms with Crippen LogP contribution in [0.15, 0.2) is 36.4 Å². The zero-order valence-electron chi connectivity index (χ0n) is 13.0. The predicted molar refractivity (Wildman–Crippen MR) is 83.0 cm³/mol. The van der Waals surface area contributed by atoms with E-state index in [1.807, 2.05) is 0 Å². The van der Waals surface area contributed by atoms with Gasteiger partial charge in [0.05, 0.1) is 25.8 Å². The van der Waals surface area contributed by atoms with E-state index in [-0.39, 0.29) is 5.56 Å². The maximum Gasteiger partial charge on any atom is 0.259 e. The second-order valence-electron chi connectivity index (χ2n) is 4.79. The van der Waals surface area contributed by atoms with Gasteiger partial charge < -0.3 is 24.7 Å². The summed E-state index contributed by atoms with van der Waals surface area (Å²) in [5, 5.41) is 13.7. The third-order valence-electron chi connectivity index (χ3n) is 3.46. The summed E-state index contributed by atoms with van der Waals surface area (Å²) in [6.45, 7) is 1.60. The SMILES string of the molecule is COc1ccc(C(=O)Nc2cccc(C(=O)[O-])c2C)c(OC)c1. The number of carbonyl (C=O) groups excluding carboxylic acids is 2. The number of hydrogen-bond donors (Lipinski definition) is 1. The average molecular weight is 314 g/mol. The molecule has 0 radical (unpaired) electrons. The van der Waals surface area contributed by atoms with Crippen LogP contribution in [-0.4, -0.2) is 26.1 Å². The highest BCUT2D eigenvalue weighted by Crippen LogP contribution is 2.26.